The molecule has 0 radical (unpaired) electrons. The van der Waals surface area contributed by atoms with Crippen molar-refractivity contribution in [3.8, 4) is 6.07 Å². The predicted octanol–water partition coefficient (Wildman–Crippen LogP) is 5.22. The molecule has 4 atom stereocenters. The zero-order valence-electron chi connectivity index (χ0n) is 12.9. The summed E-state index contributed by atoms with van der Waals surface area (Å²) in [5.41, 5.74) is 1.58. The second-order valence-corrected chi connectivity index (χ2v) is 6.14. The first-order valence-electron chi connectivity index (χ1n) is 7.83. The number of hydrogen-bond acceptors (Lipinski definition) is 2. The van der Waals surface area contributed by atoms with Gasteiger partial charge in [0.2, 0.25) is 0 Å². The number of aliphatic hydroxyl groups excluding tert-OH is 1. The molecule has 0 aromatic rings. The molecule has 2 nitrogen and oxygen atoms in total. The summed E-state index contributed by atoms with van der Waals surface area (Å²) in [6, 6.07) is 2.32. The molecule has 0 amide bonds. The number of allylic oxidation sites excluding steroid dienone is 1. The van der Waals surface area contributed by atoms with Crippen LogP contribution in [0.25, 0.3) is 0 Å². The van der Waals surface area contributed by atoms with E-state index in [2.05, 4.69) is 19.9 Å². The summed E-state index contributed by atoms with van der Waals surface area (Å²) >= 11 is 0. The molecule has 4 unspecified atom stereocenters. The lowest BCUT2D eigenvalue weighted by Crippen LogP contribution is -2.35. The van der Waals surface area contributed by atoms with Gasteiger partial charge >= 0.3 is 0 Å². The monoisotopic (exact) mass is 263 g/mol. The zero-order valence-corrected chi connectivity index (χ0v) is 12.9. The van der Waals surface area contributed by atoms with Crippen molar-refractivity contribution in [2.24, 2.45) is 23.2 Å². The van der Waals surface area contributed by atoms with Gasteiger partial charge in [-0.2, -0.15) is 5.26 Å². The van der Waals surface area contributed by atoms with Crippen molar-refractivity contribution < 1.29 is 5.11 Å². The normalized spacial score (nSPS) is 36.9. The smallest absolute Gasteiger partial charge is 0.0786 e. The van der Waals surface area contributed by atoms with Crippen LogP contribution in [0.4, 0.5) is 0 Å². The number of aliphatic hydroxyl groups is 1. The molecule has 19 heavy (non-hydrogen) atoms. The van der Waals surface area contributed by atoms with Crippen LogP contribution in [0.5, 0.6) is 0 Å². The van der Waals surface area contributed by atoms with Gasteiger partial charge < -0.3 is 5.11 Å². The van der Waals surface area contributed by atoms with Gasteiger partial charge in [0.05, 0.1) is 12.3 Å². The van der Waals surface area contributed by atoms with Crippen LogP contribution in [-0.4, -0.2) is 5.11 Å². The minimum Gasteiger partial charge on any atom is -0.516 e. The molecule has 1 N–H and O–H groups in total. The van der Waals surface area contributed by atoms with Crippen LogP contribution in [-0.2, 0) is 0 Å². The quantitative estimate of drug-likeness (QED) is 0.694. The highest BCUT2D eigenvalue weighted by Gasteiger charge is 2.50. The van der Waals surface area contributed by atoms with Gasteiger partial charge in [0.1, 0.15) is 0 Å². The maximum atomic E-state index is 9.37. The van der Waals surface area contributed by atoms with E-state index in [0.717, 1.165) is 6.42 Å². The molecule has 2 heteroatoms. The average molecular weight is 263 g/mol. The average Bonchev–Trinajstić information content (AvgIpc) is 2.78. The fraction of sp³-hybridized carbons (Fsp3) is 0.824. The highest BCUT2D eigenvalue weighted by atomic mass is 16.2. The van der Waals surface area contributed by atoms with Crippen molar-refractivity contribution in [1.82, 2.24) is 0 Å². The Hall–Kier alpha value is -0.970. The lowest BCUT2D eigenvalue weighted by atomic mass is 9.61. The molecule has 0 aromatic carbocycles. The first-order valence-corrected chi connectivity index (χ1v) is 7.83. The summed E-state index contributed by atoms with van der Waals surface area (Å²) in [6.45, 7) is 8.60. The lowest BCUT2D eigenvalue weighted by molar-refractivity contribution is 0.0972. The summed E-state index contributed by atoms with van der Waals surface area (Å²) in [6.07, 6.45) is 7.97. The first-order chi connectivity index (χ1) is 9.13. The van der Waals surface area contributed by atoms with E-state index in [4.69, 9.17) is 5.26 Å². The molecular formula is C17H29NO. The van der Waals surface area contributed by atoms with Gasteiger partial charge in [-0.25, -0.2) is 0 Å². The molecule has 0 aromatic heterocycles. The molecule has 0 aliphatic heterocycles. The van der Waals surface area contributed by atoms with E-state index in [0.29, 0.717) is 29.6 Å². The van der Waals surface area contributed by atoms with E-state index < -0.39 is 0 Å². The third kappa shape index (κ3) is 2.96. The third-order valence-corrected chi connectivity index (χ3v) is 5.30. The minimum absolute atomic E-state index is 0.322. The summed E-state index contributed by atoms with van der Waals surface area (Å²) in [5.74, 6) is 1.71. The first kappa shape index (κ1) is 16.1. The third-order valence-electron chi connectivity index (χ3n) is 5.30. The van der Waals surface area contributed by atoms with Crippen LogP contribution in [0.1, 0.15) is 66.2 Å². The van der Waals surface area contributed by atoms with Crippen molar-refractivity contribution in [3.05, 3.63) is 11.8 Å². The predicted molar refractivity (Wildman–Crippen MR) is 79.6 cm³/mol. The van der Waals surface area contributed by atoms with Crippen LogP contribution < -0.4 is 0 Å². The summed E-state index contributed by atoms with van der Waals surface area (Å²) in [4.78, 5) is 0. The zero-order chi connectivity index (χ0) is 14.5. The molecule has 2 fully saturated rings. The van der Waals surface area contributed by atoms with Gasteiger partial charge in [0, 0.05) is 6.42 Å². The summed E-state index contributed by atoms with van der Waals surface area (Å²) in [5, 5.41) is 18.2. The molecule has 0 spiro atoms. The maximum absolute atomic E-state index is 9.37. The fourth-order valence-electron chi connectivity index (χ4n) is 4.46. The second-order valence-electron chi connectivity index (χ2n) is 6.14. The van der Waals surface area contributed by atoms with Crippen molar-refractivity contribution in [1.29, 1.82) is 5.26 Å². The summed E-state index contributed by atoms with van der Waals surface area (Å²) < 4.78 is 0. The Morgan fingerprint density at radius 1 is 1.47 bits per heavy atom. The van der Waals surface area contributed by atoms with Gasteiger partial charge in [0.15, 0.2) is 0 Å². The number of hydrogen-bond donors (Lipinski definition) is 1. The molecule has 0 bridgehead atoms. The van der Waals surface area contributed by atoms with Crippen LogP contribution in [0.15, 0.2) is 11.8 Å². The number of nitrogens with zero attached hydrogens (tertiary/aromatic N) is 1. The number of rotatable bonds is 2. The lowest BCUT2D eigenvalue weighted by Gasteiger charge is -2.43. The maximum Gasteiger partial charge on any atom is 0.0786 e. The van der Waals surface area contributed by atoms with Crippen LogP contribution in [0.2, 0.25) is 0 Å². The molecule has 0 heterocycles. The summed E-state index contributed by atoms with van der Waals surface area (Å²) in [7, 11) is 0. The van der Waals surface area contributed by atoms with Crippen LogP contribution in [0, 0.1) is 34.5 Å². The number of nitriles is 1. The fourth-order valence-corrected chi connectivity index (χ4v) is 4.46. The second kappa shape index (κ2) is 6.98. The molecule has 108 valence electrons. The topological polar surface area (TPSA) is 44.0 Å². The van der Waals surface area contributed by atoms with Gasteiger partial charge in [-0.05, 0) is 60.8 Å². The van der Waals surface area contributed by atoms with Crippen molar-refractivity contribution in [2.75, 3.05) is 0 Å². The Morgan fingerprint density at radius 2 is 2.16 bits per heavy atom. The van der Waals surface area contributed by atoms with E-state index in [1.807, 2.05) is 13.8 Å². The molecule has 2 aliphatic carbocycles. The van der Waals surface area contributed by atoms with Gasteiger partial charge in [0.25, 0.3) is 0 Å². The Morgan fingerprint density at radius 3 is 2.74 bits per heavy atom. The highest BCUT2D eigenvalue weighted by Crippen LogP contribution is 2.59. The van der Waals surface area contributed by atoms with Crippen molar-refractivity contribution in [3.63, 3.8) is 0 Å². The van der Waals surface area contributed by atoms with Gasteiger partial charge in [-0.15, -0.1) is 0 Å². The minimum atomic E-state index is 0.322. The standard InChI is InChI=1S/C15H23NO.C2H6/c1-11(7-9-16)13-5-6-14-12(10-17)4-3-8-15(13,14)2;1-2/h10-11,13-14,17H,3-8H2,1-2H3;1-2H3/b12-10+;. The Balaban J connectivity index is 0.000000861. The van der Waals surface area contributed by atoms with E-state index in [1.165, 1.54) is 37.5 Å². The van der Waals surface area contributed by atoms with Crippen molar-refractivity contribution >= 4 is 0 Å². The number of fused-ring (bicyclic) bond motifs is 1. The van der Waals surface area contributed by atoms with Gasteiger partial charge in [-0.1, -0.05) is 27.7 Å². The van der Waals surface area contributed by atoms with E-state index in [-0.39, 0.29) is 0 Å². The van der Waals surface area contributed by atoms with Gasteiger partial charge in [-0.3, -0.25) is 0 Å². The molecule has 0 saturated heterocycles. The molecule has 2 rings (SSSR count). The van der Waals surface area contributed by atoms with E-state index in [1.54, 1.807) is 0 Å². The Bertz CT molecular complexity index is 355. The molecule has 2 aliphatic rings. The largest absolute Gasteiger partial charge is 0.516 e. The Kier molecular flexibility index (Phi) is 5.91. The van der Waals surface area contributed by atoms with E-state index >= 15 is 0 Å². The molecular weight excluding hydrogens is 234 g/mol. The molecule has 2 saturated carbocycles. The van der Waals surface area contributed by atoms with Crippen LogP contribution in [0.3, 0.4) is 0 Å². The van der Waals surface area contributed by atoms with Crippen LogP contribution >= 0.6 is 0 Å². The Labute approximate surface area is 118 Å². The van der Waals surface area contributed by atoms with Crippen molar-refractivity contribution in [2.45, 2.75) is 66.2 Å². The highest BCUT2D eigenvalue weighted by molar-refractivity contribution is 5.16. The SMILES string of the molecule is CC.CC(CC#N)C1CCC2/C(=C/O)CCCC21C. The van der Waals surface area contributed by atoms with E-state index in [9.17, 15) is 5.11 Å².